The van der Waals surface area contributed by atoms with Gasteiger partial charge in [0, 0.05) is 18.4 Å². The number of carboxylic acids is 1. The second-order valence-electron chi connectivity index (χ2n) is 9.67. The first-order chi connectivity index (χ1) is 17.2. The smallest absolute Gasteiger partial charge is 0.326 e. The highest BCUT2D eigenvalue weighted by atomic mass is 16.4. The zero-order valence-corrected chi connectivity index (χ0v) is 20.8. The minimum absolute atomic E-state index is 0.0750. The average molecular weight is 491 g/mol. The van der Waals surface area contributed by atoms with Gasteiger partial charge in [-0.3, -0.25) is 14.4 Å². The van der Waals surface area contributed by atoms with Crippen LogP contribution in [0, 0.1) is 5.92 Å². The third kappa shape index (κ3) is 7.90. The molecule has 0 bridgehead atoms. The number of amides is 2. The summed E-state index contributed by atoms with van der Waals surface area (Å²) in [4.78, 5) is 49.9. The number of allylic oxidation sites excluding steroid dienone is 1. The van der Waals surface area contributed by atoms with E-state index in [4.69, 9.17) is 0 Å². The Hall–Kier alpha value is -3.74. The number of rotatable bonds is 10. The van der Waals surface area contributed by atoms with Crippen molar-refractivity contribution in [3.63, 3.8) is 0 Å². The number of hydrogen-bond donors (Lipinski definition) is 3. The number of ketones is 1. The first kappa shape index (κ1) is 26.9. The van der Waals surface area contributed by atoms with Crippen LogP contribution in [0.1, 0.15) is 67.4 Å². The van der Waals surface area contributed by atoms with E-state index in [-0.39, 0.29) is 24.5 Å². The van der Waals surface area contributed by atoms with E-state index in [1.165, 1.54) is 0 Å². The van der Waals surface area contributed by atoms with Crippen LogP contribution in [0.15, 0.2) is 60.2 Å². The molecule has 0 aromatic heterocycles. The molecule has 190 valence electrons. The van der Waals surface area contributed by atoms with E-state index in [0.717, 1.165) is 36.0 Å². The number of benzene rings is 2. The molecule has 2 amide bonds. The molecule has 2 unspecified atom stereocenters. The van der Waals surface area contributed by atoms with Gasteiger partial charge in [0.25, 0.3) is 5.91 Å². The number of Topliss-reactive ketones (excluding diaryl/α,β-unsaturated/α-hetero) is 1. The lowest BCUT2D eigenvalue weighted by molar-refractivity contribution is -0.142. The summed E-state index contributed by atoms with van der Waals surface area (Å²) in [6.45, 7) is 3.77. The normalized spacial score (nSPS) is 16.4. The summed E-state index contributed by atoms with van der Waals surface area (Å²) in [6, 6.07) is 14.1. The van der Waals surface area contributed by atoms with Gasteiger partial charge in [-0.2, -0.15) is 0 Å². The Morgan fingerprint density at radius 1 is 0.917 bits per heavy atom. The molecule has 1 aliphatic rings. The fourth-order valence-corrected chi connectivity index (χ4v) is 4.25. The molecule has 1 saturated carbocycles. The number of nitrogens with one attached hydrogen (secondary N) is 2. The van der Waals surface area contributed by atoms with E-state index in [2.05, 4.69) is 10.6 Å². The molecule has 0 heterocycles. The van der Waals surface area contributed by atoms with Crippen LogP contribution in [0.3, 0.4) is 0 Å². The first-order valence-corrected chi connectivity index (χ1v) is 12.4. The summed E-state index contributed by atoms with van der Waals surface area (Å²) >= 11 is 0. The summed E-state index contributed by atoms with van der Waals surface area (Å²) in [5, 5.41) is 14.9. The second kappa shape index (κ2) is 12.8. The molecule has 1 aliphatic carbocycles. The minimum Gasteiger partial charge on any atom is -0.480 e. The quantitative estimate of drug-likeness (QED) is 0.433. The van der Waals surface area contributed by atoms with Crippen LogP contribution < -0.4 is 10.6 Å². The van der Waals surface area contributed by atoms with Gasteiger partial charge in [-0.15, -0.1) is 0 Å². The molecule has 3 N–H and O–H groups in total. The van der Waals surface area contributed by atoms with E-state index in [9.17, 15) is 24.3 Å². The zero-order chi connectivity index (χ0) is 26.1. The molecule has 0 spiro atoms. The lowest BCUT2D eigenvalue weighted by atomic mass is 9.92. The highest BCUT2D eigenvalue weighted by Crippen LogP contribution is 2.22. The first-order valence-electron chi connectivity index (χ1n) is 12.4. The van der Waals surface area contributed by atoms with Crippen molar-refractivity contribution >= 4 is 29.6 Å². The summed E-state index contributed by atoms with van der Waals surface area (Å²) < 4.78 is 0. The number of carbonyl (C=O) groups is 4. The van der Waals surface area contributed by atoms with Crippen LogP contribution in [0.5, 0.6) is 0 Å². The molecule has 2 atom stereocenters. The lowest BCUT2D eigenvalue weighted by Crippen LogP contribution is -2.52. The van der Waals surface area contributed by atoms with Crippen LogP contribution in [0.25, 0.3) is 6.08 Å². The summed E-state index contributed by atoms with van der Waals surface area (Å²) in [7, 11) is 0. The fraction of sp³-hybridized carbons (Fsp3) is 0.379. The zero-order valence-electron chi connectivity index (χ0n) is 20.8. The van der Waals surface area contributed by atoms with E-state index in [1.807, 2.05) is 50.3 Å². The second-order valence-corrected chi connectivity index (χ2v) is 9.67. The highest BCUT2D eigenvalue weighted by molar-refractivity contribution is 6.01. The van der Waals surface area contributed by atoms with E-state index in [0.29, 0.717) is 12.0 Å². The van der Waals surface area contributed by atoms with Gasteiger partial charge >= 0.3 is 5.97 Å². The molecule has 0 aliphatic heterocycles. The Morgan fingerprint density at radius 3 is 2.19 bits per heavy atom. The third-order valence-electron chi connectivity index (χ3n) is 6.20. The predicted molar refractivity (Wildman–Crippen MR) is 138 cm³/mol. The van der Waals surface area contributed by atoms with E-state index < -0.39 is 29.9 Å². The van der Waals surface area contributed by atoms with Crippen molar-refractivity contribution < 1.29 is 24.3 Å². The van der Waals surface area contributed by atoms with Gasteiger partial charge in [0.05, 0.1) is 0 Å². The highest BCUT2D eigenvalue weighted by Gasteiger charge is 2.27. The summed E-state index contributed by atoms with van der Waals surface area (Å²) in [5.74, 6) is -1.84. The Kier molecular flexibility index (Phi) is 9.56. The number of carboxylic acid groups (broad SMARTS) is 1. The third-order valence-corrected chi connectivity index (χ3v) is 6.20. The number of aliphatic carboxylic acids is 1. The molecule has 2 aromatic carbocycles. The van der Waals surface area contributed by atoms with Crippen molar-refractivity contribution in [2.24, 2.45) is 5.92 Å². The van der Waals surface area contributed by atoms with Crippen molar-refractivity contribution in [2.45, 2.75) is 64.5 Å². The Balaban J connectivity index is 1.74. The van der Waals surface area contributed by atoms with Crippen LogP contribution in [-0.2, 0) is 20.8 Å². The molecule has 36 heavy (non-hydrogen) atoms. The fourth-order valence-electron chi connectivity index (χ4n) is 4.25. The monoisotopic (exact) mass is 490 g/mol. The molecule has 1 fully saturated rings. The summed E-state index contributed by atoms with van der Waals surface area (Å²) in [5.41, 5.74) is 2.86. The Morgan fingerprint density at radius 2 is 1.58 bits per heavy atom. The van der Waals surface area contributed by atoms with Crippen LogP contribution in [0.4, 0.5) is 0 Å². The van der Waals surface area contributed by atoms with Crippen molar-refractivity contribution in [1.29, 1.82) is 0 Å². The van der Waals surface area contributed by atoms with Gasteiger partial charge < -0.3 is 15.7 Å². The van der Waals surface area contributed by atoms with Gasteiger partial charge in [-0.25, -0.2) is 4.79 Å². The molecule has 2 aromatic rings. The maximum Gasteiger partial charge on any atom is 0.326 e. The van der Waals surface area contributed by atoms with Crippen molar-refractivity contribution in [2.75, 3.05) is 0 Å². The summed E-state index contributed by atoms with van der Waals surface area (Å²) in [6.07, 6.45) is 5.66. The van der Waals surface area contributed by atoms with Crippen LogP contribution in [-0.4, -0.2) is 40.8 Å². The SMILES string of the molecule is CC(C)CC(NC(=O)C(Cc1ccccc1)NC(=O)c1ccc(/C=C2/CCCCC2=O)cc1)C(=O)O. The number of carbonyl (C=O) groups excluding carboxylic acids is 3. The van der Waals surface area contributed by atoms with Crippen LogP contribution in [0.2, 0.25) is 0 Å². The van der Waals surface area contributed by atoms with Gasteiger partial charge in [0.15, 0.2) is 5.78 Å². The maximum absolute atomic E-state index is 13.1. The van der Waals surface area contributed by atoms with Gasteiger partial charge in [0.2, 0.25) is 5.91 Å². The topological polar surface area (TPSA) is 113 Å². The number of hydrogen-bond acceptors (Lipinski definition) is 4. The largest absolute Gasteiger partial charge is 0.480 e. The average Bonchev–Trinajstić information content (AvgIpc) is 2.85. The van der Waals surface area contributed by atoms with Crippen molar-refractivity contribution in [3.8, 4) is 0 Å². The molecular formula is C29H34N2O5. The van der Waals surface area contributed by atoms with Crippen LogP contribution >= 0.6 is 0 Å². The van der Waals surface area contributed by atoms with Gasteiger partial charge in [-0.05, 0) is 66.5 Å². The van der Waals surface area contributed by atoms with Gasteiger partial charge in [0.1, 0.15) is 12.1 Å². The van der Waals surface area contributed by atoms with E-state index in [1.54, 1.807) is 24.3 Å². The molecular weight excluding hydrogens is 456 g/mol. The molecule has 0 saturated heterocycles. The molecule has 3 rings (SSSR count). The maximum atomic E-state index is 13.1. The van der Waals surface area contributed by atoms with E-state index >= 15 is 0 Å². The Labute approximate surface area is 212 Å². The standard InChI is InChI=1S/C29H34N2O5/c1-19(2)16-25(29(35)36)31-28(34)24(18-20-8-4-3-5-9-20)30-27(33)22-14-12-21(13-15-22)17-23-10-6-7-11-26(23)32/h3-5,8-9,12-15,17,19,24-25H,6-7,10-11,16,18H2,1-2H3,(H,30,33)(H,31,34)(H,35,36)/b23-17-. The predicted octanol–water partition coefficient (Wildman–Crippen LogP) is 4.17. The molecule has 7 heteroatoms. The minimum atomic E-state index is -1.11. The Bertz CT molecular complexity index is 1110. The van der Waals surface area contributed by atoms with Crippen molar-refractivity contribution in [3.05, 3.63) is 76.9 Å². The molecule has 7 nitrogen and oxygen atoms in total. The molecule has 0 radical (unpaired) electrons. The van der Waals surface area contributed by atoms with Crippen molar-refractivity contribution in [1.82, 2.24) is 10.6 Å². The van der Waals surface area contributed by atoms with Gasteiger partial charge in [-0.1, -0.05) is 56.3 Å². The lowest BCUT2D eigenvalue weighted by Gasteiger charge is -2.22.